The molecule has 1 fully saturated rings. The number of carbonyl (C=O) groups excluding carboxylic acids is 3. The summed E-state index contributed by atoms with van der Waals surface area (Å²) in [4.78, 5) is 41.7. The Morgan fingerprint density at radius 1 is 1.13 bits per heavy atom. The minimum Gasteiger partial charge on any atom is -0.494 e. The minimum atomic E-state index is -0.835. The Morgan fingerprint density at radius 2 is 1.84 bits per heavy atom. The zero-order valence-electron chi connectivity index (χ0n) is 18.4. The number of urea groups is 1. The van der Waals surface area contributed by atoms with E-state index >= 15 is 0 Å². The van der Waals surface area contributed by atoms with E-state index in [1.807, 2.05) is 39.8 Å². The van der Waals surface area contributed by atoms with Gasteiger partial charge in [0.25, 0.3) is 5.91 Å². The van der Waals surface area contributed by atoms with E-state index < -0.39 is 6.04 Å². The minimum absolute atomic E-state index is 0.104. The van der Waals surface area contributed by atoms with Gasteiger partial charge in [0.1, 0.15) is 11.8 Å². The van der Waals surface area contributed by atoms with Gasteiger partial charge in [0.05, 0.1) is 18.7 Å². The van der Waals surface area contributed by atoms with Gasteiger partial charge in [-0.2, -0.15) is 0 Å². The van der Waals surface area contributed by atoms with Crippen LogP contribution in [0.3, 0.4) is 0 Å². The Kier molecular flexibility index (Phi) is 6.95. The SMILES string of the molecule is CCOc1ccc(NC(=O)C[C@H]2C(=O)N(c3cccc(C)c3)C(=O)N2CC(C)C)cc1. The fraction of sp³-hybridized carbons (Fsp3) is 0.375. The molecule has 3 rings (SSSR count). The maximum Gasteiger partial charge on any atom is 0.332 e. The van der Waals surface area contributed by atoms with E-state index in [0.29, 0.717) is 30.3 Å². The highest BCUT2D eigenvalue weighted by atomic mass is 16.5. The second-order valence-corrected chi connectivity index (χ2v) is 8.07. The number of hydrogen-bond donors (Lipinski definition) is 1. The molecule has 7 heteroatoms. The molecule has 1 aliphatic heterocycles. The molecule has 0 saturated carbocycles. The van der Waals surface area contributed by atoms with Crippen LogP contribution >= 0.6 is 0 Å². The van der Waals surface area contributed by atoms with Gasteiger partial charge in [0, 0.05) is 12.2 Å². The maximum absolute atomic E-state index is 13.2. The summed E-state index contributed by atoms with van der Waals surface area (Å²) in [7, 11) is 0. The normalized spacial score (nSPS) is 16.2. The number of amides is 4. The molecule has 1 heterocycles. The van der Waals surface area contributed by atoms with Crippen LogP contribution in [-0.2, 0) is 9.59 Å². The summed E-state index contributed by atoms with van der Waals surface area (Å²) in [6, 6.07) is 13.1. The highest BCUT2D eigenvalue weighted by Gasteiger charge is 2.46. The van der Waals surface area contributed by atoms with E-state index in [0.717, 1.165) is 5.56 Å². The molecule has 0 bridgehead atoms. The second-order valence-electron chi connectivity index (χ2n) is 8.07. The van der Waals surface area contributed by atoms with Gasteiger partial charge in [-0.1, -0.05) is 26.0 Å². The van der Waals surface area contributed by atoms with E-state index in [4.69, 9.17) is 4.74 Å². The highest BCUT2D eigenvalue weighted by Crippen LogP contribution is 2.28. The molecule has 7 nitrogen and oxygen atoms in total. The number of hydrogen-bond acceptors (Lipinski definition) is 4. The number of nitrogens with zero attached hydrogens (tertiary/aromatic N) is 2. The molecule has 1 N–H and O–H groups in total. The van der Waals surface area contributed by atoms with Crippen LogP contribution in [0.2, 0.25) is 0 Å². The third kappa shape index (κ3) is 5.23. The van der Waals surface area contributed by atoms with E-state index in [9.17, 15) is 14.4 Å². The molecule has 164 valence electrons. The van der Waals surface area contributed by atoms with Gasteiger partial charge in [0.15, 0.2) is 0 Å². The summed E-state index contributed by atoms with van der Waals surface area (Å²) >= 11 is 0. The average molecular weight is 424 g/mol. The summed E-state index contributed by atoms with van der Waals surface area (Å²) in [5, 5.41) is 2.81. The van der Waals surface area contributed by atoms with Crippen LogP contribution in [0.25, 0.3) is 0 Å². The van der Waals surface area contributed by atoms with Crippen molar-refractivity contribution in [1.29, 1.82) is 0 Å². The number of imide groups is 1. The van der Waals surface area contributed by atoms with Gasteiger partial charge < -0.3 is 15.0 Å². The van der Waals surface area contributed by atoms with Crippen LogP contribution in [-0.4, -0.2) is 41.9 Å². The average Bonchev–Trinajstić information content (AvgIpc) is 2.93. The van der Waals surface area contributed by atoms with Crippen molar-refractivity contribution in [3.63, 3.8) is 0 Å². The van der Waals surface area contributed by atoms with Gasteiger partial charge in [-0.15, -0.1) is 0 Å². The Bertz CT molecular complexity index is 956. The van der Waals surface area contributed by atoms with Gasteiger partial charge in [-0.25, -0.2) is 9.69 Å². The quantitative estimate of drug-likeness (QED) is 0.645. The van der Waals surface area contributed by atoms with Crippen molar-refractivity contribution >= 4 is 29.2 Å². The summed E-state index contributed by atoms with van der Waals surface area (Å²) < 4.78 is 5.41. The van der Waals surface area contributed by atoms with Crippen LogP contribution in [0.5, 0.6) is 5.75 Å². The third-order valence-electron chi connectivity index (χ3n) is 4.97. The molecular formula is C24H29N3O4. The molecule has 1 saturated heterocycles. The third-order valence-corrected chi connectivity index (χ3v) is 4.97. The summed E-state index contributed by atoms with van der Waals surface area (Å²) in [6.45, 7) is 8.72. The zero-order chi connectivity index (χ0) is 22.5. The molecule has 0 radical (unpaired) electrons. The van der Waals surface area contributed by atoms with Gasteiger partial charge >= 0.3 is 6.03 Å². The monoisotopic (exact) mass is 423 g/mol. The Labute approximate surface area is 183 Å². The largest absolute Gasteiger partial charge is 0.494 e. The molecular weight excluding hydrogens is 394 g/mol. The molecule has 1 atom stereocenters. The predicted molar refractivity (Wildman–Crippen MR) is 120 cm³/mol. The number of rotatable bonds is 8. The first-order chi connectivity index (χ1) is 14.8. The van der Waals surface area contributed by atoms with Crippen molar-refractivity contribution in [3.05, 3.63) is 54.1 Å². The van der Waals surface area contributed by atoms with Crippen molar-refractivity contribution in [2.24, 2.45) is 5.92 Å². The van der Waals surface area contributed by atoms with Crippen molar-refractivity contribution in [1.82, 2.24) is 4.90 Å². The predicted octanol–water partition coefficient (Wildman–Crippen LogP) is 4.22. The molecule has 4 amide bonds. The molecule has 1 aliphatic rings. The lowest BCUT2D eigenvalue weighted by Gasteiger charge is -2.23. The fourth-order valence-corrected chi connectivity index (χ4v) is 3.63. The Balaban J connectivity index is 1.77. The van der Waals surface area contributed by atoms with Crippen LogP contribution in [0.15, 0.2) is 48.5 Å². The topological polar surface area (TPSA) is 79.0 Å². The lowest BCUT2D eigenvalue weighted by molar-refractivity contribution is -0.124. The van der Waals surface area contributed by atoms with Gasteiger partial charge in [-0.05, 0) is 61.7 Å². The molecule has 2 aromatic rings. The van der Waals surface area contributed by atoms with Crippen molar-refractivity contribution < 1.29 is 19.1 Å². The molecule has 2 aromatic carbocycles. The molecule has 0 aliphatic carbocycles. The van der Waals surface area contributed by atoms with Crippen molar-refractivity contribution in [2.75, 3.05) is 23.4 Å². The summed E-state index contributed by atoms with van der Waals surface area (Å²) in [5.74, 6) is 0.174. The van der Waals surface area contributed by atoms with Gasteiger partial charge in [0.2, 0.25) is 5.91 Å². The number of nitrogens with one attached hydrogen (secondary N) is 1. The lowest BCUT2D eigenvalue weighted by atomic mass is 10.1. The molecule has 0 aromatic heterocycles. The van der Waals surface area contributed by atoms with Crippen LogP contribution in [0.1, 0.15) is 32.8 Å². The molecule has 31 heavy (non-hydrogen) atoms. The number of anilines is 2. The standard InChI is InChI=1S/C24H29N3O4/c1-5-31-20-11-9-18(10-12-20)25-22(28)14-21-23(29)27(19-8-6-7-17(4)13-19)24(30)26(21)15-16(2)3/h6-13,16,21H,5,14-15H2,1-4H3,(H,25,28)/t21-/m0/s1. The summed E-state index contributed by atoms with van der Waals surface area (Å²) in [6.07, 6.45) is -0.104. The molecule has 0 spiro atoms. The molecule has 0 unspecified atom stereocenters. The lowest BCUT2D eigenvalue weighted by Crippen LogP contribution is -2.40. The number of aryl methyl sites for hydroxylation is 1. The van der Waals surface area contributed by atoms with E-state index in [1.54, 1.807) is 36.4 Å². The summed E-state index contributed by atoms with van der Waals surface area (Å²) in [5.41, 5.74) is 2.08. The van der Waals surface area contributed by atoms with E-state index in [-0.39, 0.29) is 30.2 Å². The number of ether oxygens (including phenoxy) is 1. The van der Waals surface area contributed by atoms with Crippen LogP contribution in [0, 0.1) is 12.8 Å². The Morgan fingerprint density at radius 3 is 2.45 bits per heavy atom. The fourth-order valence-electron chi connectivity index (χ4n) is 3.63. The second kappa shape index (κ2) is 9.64. The Hall–Kier alpha value is -3.35. The van der Waals surface area contributed by atoms with E-state index in [1.165, 1.54) is 9.80 Å². The first-order valence-corrected chi connectivity index (χ1v) is 10.5. The zero-order valence-corrected chi connectivity index (χ0v) is 18.4. The smallest absolute Gasteiger partial charge is 0.332 e. The maximum atomic E-state index is 13.2. The van der Waals surface area contributed by atoms with Crippen LogP contribution in [0.4, 0.5) is 16.2 Å². The highest BCUT2D eigenvalue weighted by molar-refractivity contribution is 6.22. The van der Waals surface area contributed by atoms with E-state index in [2.05, 4.69) is 5.32 Å². The first-order valence-electron chi connectivity index (χ1n) is 10.5. The van der Waals surface area contributed by atoms with Crippen LogP contribution < -0.4 is 15.0 Å². The number of carbonyl (C=O) groups is 3. The first kappa shape index (κ1) is 22.3. The van der Waals surface area contributed by atoms with Gasteiger partial charge in [-0.3, -0.25) is 9.59 Å². The van der Waals surface area contributed by atoms with Crippen molar-refractivity contribution in [2.45, 2.75) is 40.2 Å². The number of benzene rings is 2. The van der Waals surface area contributed by atoms with Crippen molar-refractivity contribution in [3.8, 4) is 5.75 Å².